The summed E-state index contributed by atoms with van der Waals surface area (Å²) in [6.45, 7) is 0.861. The molecule has 0 aliphatic heterocycles. The number of benzene rings is 2. The summed E-state index contributed by atoms with van der Waals surface area (Å²) in [5.41, 5.74) is 2.17. The molecular formula is C17H18Cl2FN. The van der Waals surface area contributed by atoms with Crippen molar-refractivity contribution in [3.8, 4) is 0 Å². The third-order valence-corrected chi connectivity index (χ3v) is 4.05. The molecule has 2 rings (SSSR count). The van der Waals surface area contributed by atoms with Gasteiger partial charge in [0.1, 0.15) is 5.82 Å². The van der Waals surface area contributed by atoms with Crippen LogP contribution in [0.15, 0.2) is 42.5 Å². The molecule has 2 aromatic carbocycles. The minimum absolute atomic E-state index is 0.207. The van der Waals surface area contributed by atoms with Crippen molar-refractivity contribution in [3.63, 3.8) is 0 Å². The fraction of sp³-hybridized carbons (Fsp3) is 0.294. The fourth-order valence-corrected chi connectivity index (χ4v) is 2.86. The minimum Gasteiger partial charge on any atom is -0.319 e. The van der Waals surface area contributed by atoms with Crippen molar-refractivity contribution >= 4 is 23.2 Å². The van der Waals surface area contributed by atoms with Crippen molar-refractivity contribution in [2.24, 2.45) is 5.92 Å². The lowest BCUT2D eigenvalue weighted by Gasteiger charge is -2.18. The van der Waals surface area contributed by atoms with Gasteiger partial charge in [-0.15, -0.1) is 0 Å². The van der Waals surface area contributed by atoms with Crippen molar-refractivity contribution in [1.82, 2.24) is 5.32 Å². The Morgan fingerprint density at radius 1 is 1.05 bits per heavy atom. The molecule has 0 aromatic heterocycles. The van der Waals surface area contributed by atoms with E-state index in [1.54, 1.807) is 6.07 Å². The van der Waals surface area contributed by atoms with Gasteiger partial charge in [0.05, 0.1) is 0 Å². The maximum atomic E-state index is 13.0. The lowest BCUT2D eigenvalue weighted by Crippen LogP contribution is -2.23. The monoisotopic (exact) mass is 325 g/mol. The Morgan fingerprint density at radius 3 is 2.43 bits per heavy atom. The van der Waals surface area contributed by atoms with E-state index in [4.69, 9.17) is 23.2 Å². The summed E-state index contributed by atoms with van der Waals surface area (Å²) in [5.74, 6) is 0.165. The van der Waals surface area contributed by atoms with E-state index in [-0.39, 0.29) is 5.82 Å². The Hall–Kier alpha value is -1.09. The van der Waals surface area contributed by atoms with Gasteiger partial charge in [0.15, 0.2) is 0 Å². The van der Waals surface area contributed by atoms with Crippen LogP contribution in [0.2, 0.25) is 10.0 Å². The number of nitrogens with one attached hydrogen (secondary N) is 1. The summed E-state index contributed by atoms with van der Waals surface area (Å²) in [4.78, 5) is 0. The Bertz CT molecular complexity index is 584. The highest BCUT2D eigenvalue weighted by atomic mass is 35.5. The van der Waals surface area contributed by atoms with Crippen LogP contribution >= 0.6 is 23.2 Å². The third kappa shape index (κ3) is 4.99. The zero-order valence-electron chi connectivity index (χ0n) is 11.9. The van der Waals surface area contributed by atoms with Gasteiger partial charge in [-0.1, -0.05) is 35.3 Å². The molecule has 1 unspecified atom stereocenters. The first-order valence-electron chi connectivity index (χ1n) is 6.91. The normalized spacial score (nSPS) is 12.4. The van der Waals surface area contributed by atoms with Crippen LogP contribution in [0.3, 0.4) is 0 Å². The molecule has 0 fully saturated rings. The molecule has 0 radical (unpaired) electrons. The molecule has 0 bridgehead atoms. The molecule has 112 valence electrons. The highest BCUT2D eigenvalue weighted by Crippen LogP contribution is 2.24. The first-order chi connectivity index (χ1) is 10.1. The van der Waals surface area contributed by atoms with Crippen molar-refractivity contribution in [3.05, 3.63) is 69.5 Å². The van der Waals surface area contributed by atoms with Crippen LogP contribution in [0.1, 0.15) is 11.1 Å². The SMILES string of the molecule is CNCC(Cc1ccc(F)cc1)Cc1cc(Cl)ccc1Cl. The van der Waals surface area contributed by atoms with Crippen LogP contribution in [0.25, 0.3) is 0 Å². The molecule has 2 aromatic rings. The number of halogens is 3. The van der Waals surface area contributed by atoms with Crippen LogP contribution in [0.5, 0.6) is 0 Å². The maximum absolute atomic E-state index is 13.0. The van der Waals surface area contributed by atoms with E-state index in [2.05, 4.69) is 5.32 Å². The van der Waals surface area contributed by atoms with Gasteiger partial charge in [-0.3, -0.25) is 0 Å². The Labute approximate surface area is 135 Å². The summed E-state index contributed by atoms with van der Waals surface area (Å²) in [6.07, 6.45) is 1.70. The molecule has 0 aliphatic carbocycles. The van der Waals surface area contributed by atoms with Gasteiger partial charge in [-0.05, 0) is 73.8 Å². The van der Waals surface area contributed by atoms with Crippen LogP contribution < -0.4 is 5.32 Å². The quantitative estimate of drug-likeness (QED) is 0.807. The highest BCUT2D eigenvalue weighted by molar-refractivity contribution is 6.33. The van der Waals surface area contributed by atoms with Crippen molar-refractivity contribution < 1.29 is 4.39 Å². The van der Waals surface area contributed by atoms with Gasteiger partial charge in [-0.25, -0.2) is 4.39 Å². The van der Waals surface area contributed by atoms with Crippen LogP contribution in [0.4, 0.5) is 4.39 Å². The standard InChI is InChI=1S/C17H18Cl2FN/c1-21-11-13(8-12-2-5-16(20)6-3-12)9-14-10-15(18)4-7-17(14)19/h2-7,10,13,21H,8-9,11H2,1H3. The van der Waals surface area contributed by atoms with E-state index < -0.39 is 0 Å². The minimum atomic E-state index is -0.207. The summed E-state index contributed by atoms with van der Waals surface area (Å²) < 4.78 is 13.0. The lowest BCUT2D eigenvalue weighted by molar-refractivity contribution is 0.493. The molecule has 4 heteroatoms. The van der Waals surface area contributed by atoms with Gasteiger partial charge < -0.3 is 5.32 Å². The van der Waals surface area contributed by atoms with Gasteiger partial charge in [0.2, 0.25) is 0 Å². The largest absolute Gasteiger partial charge is 0.319 e. The van der Waals surface area contributed by atoms with Crippen molar-refractivity contribution in [1.29, 1.82) is 0 Å². The first-order valence-corrected chi connectivity index (χ1v) is 7.67. The Kier molecular flexibility index (Phi) is 6.04. The average molecular weight is 326 g/mol. The molecule has 1 N–H and O–H groups in total. The van der Waals surface area contributed by atoms with Gasteiger partial charge >= 0.3 is 0 Å². The molecule has 0 amide bonds. The van der Waals surface area contributed by atoms with E-state index in [9.17, 15) is 4.39 Å². The Morgan fingerprint density at radius 2 is 1.76 bits per heavy atom. The second-order valence-corrected chi connectivity index (χ2v) is 6.04. The Balaban J connectivity index is 2.11. The number of hydrogen-bond donors (Lipinski definition) is 1. The van der Waals surface area contributed by atoms with Crippen LogP contribution in [-0.4, -0.2) is 13.6 Å². The molecular weight excluding hydrogens is 308 g/mol. The first kappa shape index (κ1) is 16.3. The fourth-order valence-electron chi connectivity index (χ4n) is 2.47. The van der Waals surface area contributed by atoms with Crippen molar-refractivity contribution in [2.45, 2.75) is 12.8 Å². The highest BCUT2D eigenvalue weighted by Gasteiger charge is 2.13. The topological polar surface area (TPSA) is 12.0 Å². The van der Waals surface area contributed by atoms with Crippen LogP contribution in [0, 0.1) is 11.7 Å². The summed E-state index contributed by atoms with van der Waals surface area (Å²) >= 11 is 12.3. The zero-order chi connectivity index (χ0) is 15.2. The smallest absolute Gasteiger partial charge is 0.123 e. The number of rotatable bonds is 6. The summed E-state index contributed by atoms with van der Waals surface area (Å²) in [7, 11) is 1.93. The van der Waals surface area contributed by atoms with Crippen LogP contribution in [-0.2, 0) is 12.8 Å². The molecule has 21 heavy (non-hydrogen) atoms. The average Bonchev–Trinajstić information content (AvgIpc) is 2.45. The van der Waals surface area contributed by atoms with Gasteiger partial charge in [0, 0.05) is 10.0 Å². The molecule has 1 nitrogen and oxygen atoms in total. The predicted octanol–water partition coefficient (Wildman–Crippen LogP) is 4.75. The maximum Gasteiger partial charge on any atom is 0.123 e. The second kappa shape index (κ2) is 7.79. The van der Waals surface area contributed by atoms with E-state index in [0.29, 0.717) is 10.9 Å². The number of hydrogen-bond acceptors (Lipinski definition) is 1. The molecule has 1 atom stereocenters. The molecule has 0 saturated carbocycles. The summed E-state index contributed by atoms with van der Waals surface area (Å²) in [5, 5.41) is 4.63. The molecule has 0 heterocycles. The molecule has 0 spiro atoms. The second-order valence-electron chi connectivity index (χ2n) is 5.19. The van der Waals surface area contributed by atoms with Crippen molar-refractivity contribution in [2.75, 3.05) is 13.6 Å². The zero-order valence-corrected chi connectivity index (χ0v) is 13.4. The van der Waals surface area contributed by atoms with Gasteiger partial charge in [-0.2, -0.15) is 0 Å². The van der Waals surface area contributed by atoms with E-state index in [1.807, 2.05) is 31.3 Å². The lowest BCUT2D eigenvalue weighted by atomic mass is 9.92. The van der Waals surface area contributed by atoms with Gasteiger partial charge in [0.25, 0.3) is 0 Å². The van der Waals surface area contributed by atoms with E-state index >= 15 is 0 Å². The predicted molar refractivity (Wildman–Crippen MR) is 87.7 cm³/mol. The molecule has 0 aliphatic rings. The third-order valence-electron chi connectivity index (χ3n) is 3.45. The van der Waals surface area contributed by atoms with E-state index in [0.717, 1.165) is 35.5 Å². The molecule has 0 saturated heterocycles. The van der Waals surface area contributed by atoms with E-state index in [1.165, 1.54) is 12.1 Å². The summed E-state index contributed by atoms with van der Waals surface area (Å²) in [6, 6.07) is 12.2.